The molecule has 0 aliphatic heterocycles. The lowest BCUT2D eigenvalue weighted by Gasteiger charge is -2.32. The minimum Gasteiger partial charge on any atom is -0.361 e. The number of hydrogen-bond donors (Lipinski definition) is 2. The van der Waals surface area contributed by atoms with Gasteiger partial charge in [0.25, 0.3) is 5.91 Å². The van der Waals surface area contributed by atoms with Gasteiger partial charge in [-0.15, -0.1) is 0 Å². The molecule has 1 aliphatic carbocycles. The molecule has 1 aromatic carbocycles. The van der Waals surface area contributed by atoms with Gasteiger partial charge in [-0.05, 0) is 43.2 Å². The zero-order valence-electron chi connectivity index (χ0n) is 12.1. The maximum atomic E-state index is 12.5. The van der Waals surface area contributed by atoms with Crippen molar-refractivity contribution in [3.8, 4) is 0 Å². The molecular formula is C17H22N2O. The number of carbonyl (C=O) groups excluding carboxylic acids is 1. The minimum atomic E-state index is 0.0461. The third-order valence-corrected chi connectivity index (χ3v) is 4.77. The van der Waals surface area contributed by atoms with Crippen LogP contribution < -0.4 is 5.32 Å². The monoisotopic (exact) mass is 270 g/mol. The predicted molar refractivity (Wildman–Crippen MR) is 81.7 cm³/mol. The van der Waals surface area contributed by atoms with E-state index in [4.69, 9.17) is 0 Å². The third-order valence-electron chi connectivity index (χ3n) is 4.77. The average molecular weight is 270 g/mol. The van der Waals surface area contributed by atoms with E-state index >= 15 is 0 Å². The molecule has 20 heavy (non-hydrogen) atoms. The Kier molecular flexibility index (Phi) is 3.51. The molecule has 1 aromatic heterocycles. The summed E-state index contributed by atoms with van der Waals surface area (Å²) in [4.78, 5) is 15.6. The van der Waals surface area contributed by atoms with Crippen LogP contribution in [-0.2, 0) is 0 Å². The van der Waals surface area contributed by atoms with Crippen LogP contribution in [0.15, 0.2) is 30.5 Å². The van der Waals surface area contributed by atoms with E-state index in [0.29, 0.717) is 12.0 Å². The number of amides is 1. The van der Waals surface area contributed by atoms with Crippen molar-refractivity contribution in [3.05, 3.63) is 36.0 Å². The number of benzene rings is 1. The SMILES string of the molecule is CC1CCC(NC(=O)c2cccc3cc[nH]c23)CC1C. The molecular weight excluding hydrogens is 248 g/mol. The maximum absolute atomic E-state index is 12.5. The molecule has 0 radical (unpaired) electrons. The van der Waals surface area contributed by atoms with Crippen molar-refractivity contribution < 1.29 is 4.79 Å². The topological polar surface area (TPSA) is 44.9 Å². The average Bonchev–Trinajstić information content (AvgIpc) is 2.91. The first-order valence-electron chi connectivity index (χ1n) is 7.52. The summed E-state index contributed by atoms with van der Waals surface area (Å²) in [6.07, 6.45) is 5.27. The quantitative estimate of drug-likeness (QED) is 0.858. The fourth-order valence-corrected chi connectivity index (χ4v) is 3.22. The first-order chi connectivity index (χ1) is 9.65. The van der Waals surface area contributed by atoms with Gasteiger partial charge in [-0.2, -0.15) is 0 Å². The van der Waals surface area contributed by atoms with E-state index in [1.807, 2.05) is 30.5 Å². The number of carbonyl (C=O) groups is 1. The van der Waals surface area contributed by atoms with Gasteiger partial charge in [0.2, 0.25) is 0 Å². The zero-order valence-corrected chi connectivity index (χ0v) is 12.1. The largest absolute Gasteiger partial charge is 0.361 e. The number of nitrogens with one attached hydrogen (secondary N) is 2. The van der Waals surface area contributed by atoms with E-state index in [2.05, 4.69) is 24.1 Å². The fourth-order valence-electron chi connectivity index (χ4n) is 3.22. The molecule has 0 spiro atoms. The molecule has 3 unspecified atom stereocenters. The molecule has 2 N–H and O–H groups in total. The Balaban J connectivity index is 1.75. The van der Waals surface area contributed by atoms with E-state index < -0.39 is 0 Å². The van der Waals surface area contributed by atoms with Crippen LogP contribution in [0.2, 0.25) is 0 Å². The summed E-state index contributed by atoms with van der Waals surface area (Å²) in [6, 6.07) is 8.17. The van der Waals surface area contributed by atoms with Gasteiger partial charge < -0.3 is 10.3 Å². The maximum Gasteiger partial charge on any atom is 0.253 e. The smallest absolute Gasteiger partial charge is 0.253 e. The normalized spacial score (nSPS) is 26.6. The van der Waals surface area contributed by atoms with E-state index in [1.165, 1.54) is 6.42 Å². The Hall–Kier alpha value is -1.77. The summed E-state index contributed by atoms with van der Waals surface area (Å²) in [6.45, 7) is 4.59. The van der Waals surface area contributed by atoms with Crippen molar-refractivity contribution in [3.63, 3.8) is 0 Å². The van der Waals surface area contributed by atoms with Crippen LogP contribution in [0.4, 0.5) is 0 Å². The van der Waals surface area contributed by atoms with Crippen molar-refractivity contribution >= 4 is 16.8 Å². The molecule has 2 aromatic rings. The number of rotatable bonds is 2. The van der Waals surface area contributed by atoms with Crippen molar-refractivity contribution in [1.29, 1.82) is 0 Å². The van der Waals surface area contributed by atoms with Crippen molar-refractivity contribution in [2.45, 2.75) is 39.2 Å². The Morgan fingerprint density at radius 2 is 2.05 bits per heavy atom. The molecule has 3 atom stereocenters. The summed E-state index contributed by atoms with van der Waals surface area (Å²) < 4.78 is 0. The lowest BCUT2D eigenvalue weighted by atomic mass is 9.79. The second-order valence-corrected chi connectivity index (χ2v) is 6.19. The van der Waals surface area contributed by atoms with Gasteiger partial charge in [0, 0.05) is 17.6 Å². The molecule has 0 saturated heterocycles. The highest BCUT2D eigenvalue weighted by molar-refractivity contribution is 6.05. The summed E-state index contributed by atoms with van der Waals surface area (Å²) in [5.41, 5.74) is 1.68. The third kappa shape index (κ3) is 2.45. The molecule has 1 saturated carbocycles. The van der Waals surface area contributed by atoms with Gasteiger partial charge in [0.1, 0.15) is 0 Å². The molecule has 0 bridgehead atoms. The number of hydrogen-bond acceptors (Lipinski definition) is 1. The van der Waals surface area contributed by atoms with Crippen LogP contribution in [0.3, 0.4) is 0 Å². The van der Waals surface area contributed by atoms with Gasteiger partial charge >= 0.3 is 0 Å². The molecule has 1 amide bonds. The lowest BCUT2D eigenvalue weighted by molar-refractivity contribution is 0.0912. The summed E-state index contributed by atoms with van der Waals surface area (Å²) in [5.74, 6) is 1.51. The minimum absolute atomic E-state index is 0.0461. The van der Waals surface area contributed by atoms with Gasteiger partial charge in [-0.25, -0.2) is 0 Å². The van der Waals surface area contributed by atoms with Crippen LogP contribution in [0.5, 0.6) is 0 Å². The van der Waals surface area contributed by atoms with Crippen molar-refractivity contribution in [2.75, 3.05) is 0 Å². The number of para-hydroxylation sites is 1. The van der Waals surface area contributed by atoms with E-state index in [0.717, 1.165) is 35.2 Å². The van der Waals surface area contributed by atoms with Crippen LogP contribution in [0, 0.1) is 11.8 Å². The summed E-state index contributed by atoms with van der Waals surface area (Å²) in [5, 5.41) is 4.30. The Labute approximate surface area is 119 Å². The molecule has 1 heterocycles. The van der Waals surface area contributed by atoms with E-state index in [9.17, 15) is 4.79 Å². The van der Waals surface area contributed by atoms with Gasteiger partial charge in [-0.1, -0.05) is 26.0 Å². The predicted octanol–water partition coefficient (Wildman–Crippen LogP) is 3.72. The van der Waals surface area contributed by atoms with Gasteiger partial charge in [0.15, 0.2) is 0 Å². The number of H-pyrrole nitrogens is 1. The standard InChI is InChI=1S/C17H22N2O/c1-11-6-7-14(10-12(11)2)19-17(20)15-5-3-4-13-8-9-18-16(13)15/h3-5,8-9,11-12,14,18H,6-7,10H2,1-2H3,(H,19,20). The highest BCUT2D eigenvalue weighted by Crippen LogP contribution is 2.29. The molecule has 3 rings (SSSR count). The summed E-state index contributed by atoms with van der Waals surface area (Å²) in [7, 11) is 0. The lowest BCUT2D eigenvalue weighted by Crippen LogP contribution is -2.39. The molecule has 3 heteroatoms. The number of fused-ring (bicyclic) bond motifs is 1. The number of aromatic amines is 1. The summed E-state index contributed by atoms with van der Waals surface area (Å²) >= 11 is 0. The van der Waals surface area contributed by atoms with Crippen LogP contribution in [0.1, 0.15) is 43.5 Å². The molecule has 3 nitrogen and oxygen atoms in total. The zero-order chi connectivity index (χ0) is 14.1. The molecule has 1 fully saturated rings. The first-order valence-corrected chi connectivity index (χ1v) is 7.52. The van der Waals surface area contributed by atoms with Gasteiger partial charge in [-0.3, -0.25) is 4.79 Å². The van der Waals surface area contributed by atoms with Crippen LogP contribution in [0.25, 0.3) is 10.9 Å². The second-order valence-electron chi connectivity index (χ2n) is 6.19. The Morgan fingerprint density at radius 3 is 2.85 bits per heavy atom. The van der Waals surface area contributed by atoms with Crippen LogP contribution in [-0.4, -0.2) is 16.9 Å². The van der Waals surface area contributed by atoms with Crippen molar-refractivity contribution in [2.24, 2.45) is 11.8 Å². The second kappa shape index (κ2) is 5.31. The first kappa shape index (κ1) is 13.2. The number of aromatic nitrogens is 1. The van der Waals surface area contributed by atoms with E-state index in [-0.39, 0.29) is 5.91 Å². The highest BCUT2D eigenvalue weighted by Gasteiger charge is 2.26. The van der Waals surface area contributed by atoms with E-state index in [1.54, 1.807) is 0 Å². The van der Waals surface area contributed by atoms with Crippen LogP contribution >= 0.6 is 0 Å². The van der Waals surface area contributed by atoms with Gasteiger partial charge in [0.05, 0.1) is 11.1 Å². The molecule has 106 valence electrons. The highest BCUT2D eigenvalue weighted by atomic mass is 16.1. The molecule has 1 aliphatic rings. The Morgan fingerprint density at radius 1 is 1.20 bits per heavy atom. The van der Waals surface area contributed by atoms with Crippen molar-refractivity contribution in [1.82, 2.24) is 10.3 Å². The Bertz CT molecular complexity index is 616. The fraction of sp³-hybridized carbons (Fsp3) is 0.471.